The molecule has 0 saturated carbocycles. The zero-order valence-corrected chi connectivity index (χ0v) is 18.1. The summed E-state index contributed by atoms with van der Waals surface area (Å²) in [5, 5.41) is 13.0. The molecule has 0 spiro atoms. The van der Waals surface area contributed by atoms with E-state index in [2.05, 4.69) is 16.9 Å². The average Bonchev–Trinajstić information content (AvgIpc) is 2.94. The second-order valence-electron chi connectivity index (χ2n) is 6.90. The molecule has 0 fully saturated rings. The molecule has 0 aliphatic heterocycles. The number of carbonyl (C=O) groups excluding carboxylic acids is 2. The van der Waals surface area contributed by atoms with Gasteiger partial charge >= 0.3 is 12.1 Å². The number of nitrogens with one attached hydrogen (secondary N) is 1. The van der Waals surface area contributed by atoms with E-state index in [-0.39, 0.29) is 19.6 Å². The number of nitrogens with zero attached hydrogens (tertiary/aromatic N) is 1. The lowest BCUT2D eigenvalue weighted by molar-refractivity contribution is -0.151. The van der Waals surface area contributed by atoms with Crippen LogP contribution in [-0.4, -0.2) is 48.2 Å². The highest BCUT2D eigenvalue weighted by Crippen LogP contribution is 2.35. The van der Waals surface area contributed by atoms with E-state index in [1.807, 2.05) is 0 Å². The van der Waals surface area contributed by atoms with Crippen LogP contribution in [-0.2, 0) is 20.7 Å². The standard InChI is InChI=1S/C19H27ClN2O5S/c1-6-8-21-14-10-12(28-16(14)20)9-13(17(24)26-7-2)15(23)11-22-18(25)27-19(3,4)5/h6,8,10,13,15,23H,1,7,9,11H2,2-5H3,(H,22,25). The fourth-order valence-corrected chi connectivity index (χ4v) is 3.50. The van der Waals surface area contributed by atoms with Gasteiger partial charge in [0.15, 0.2) is 0 Å². The van der Waals surface area contributed by atoms with Crippen molar-refractivity contribution in [3.05, 3.63) is 27.9 Å². The molecule has 1 amide bonds. The first-order chi connectivity index (χ1) is 13.1. The van der Waals surface area contributed by atoms with Gasteiger partial charge in [0, 0.05) is 17.6 Å². The molecule has 1 heterocycles. The number of ether oxygens (including phenoxy) is 2. The molecule has 0 aliphatic rings. The van der Waals surface area contributed by atoms with Crippen LogP contribution in [0.2, 0.25) is 4.34 Å². The Morgan fingerprint density at radius 3 is 2.71 bits per heavy atom. The number of aliphatic imine (C=N–C) groups is 1. The minimum absolute atomic E-state index is 0.154. The molecule has 156 valence electrons. The van der Waals surface area contributed by atoms with E-state index >= 15 is 0 Å². The first-order valence-electron chi connectivity index (χ1n) is 8.82. The third-order valence-electron chi connectivity index (χ3n) is 3.37. The minimum Gasteiger partial charge on any atom is -0.466 e. The van der Waals surface area contributed by atoms with Crippen LogP contribution in [0.15, 0.2) is 23.7 Å². The molecule has 0 radical (unpaired) electrons. The molecule has 1 rings (SSSR count). The van der Waals surface area contributed by atoms with E-state index in [0.29, 0.717) is 10.0 Å². The first-order valence-corrected chi connectivity index (χ1v) is 10.0. The van der Waals surface area contributed by atoms with E-state index in [9.17, 15) is 14.7 Å². The van der Waals surface area contributed by atoms with Crippen LogP contribution in [0.3, 0.4) is 0 Å². The van der Waals surface area contributed by atoms with Crippen molar-refractivity contribution >= 4 is 46.9 Å². The highest BCUT2D eigenvalue weighted by atomic mass is 35.5. The van der Waals surface area contributed by atoms with E-state index in [1.54, 1.807) is 33.8 Å². The zero-order valence-electron chi connectivity index (χ0n) is 16.5. The number of rotatable bonds is 9. The predicted molar refractivity (Wildman–Crippen MR) is 112 cm³/mol. The van der Waals surface area contributed by atoms with Gasteiger partial charge in [-0.2, -0.15) is 0 Å². The predicted octanol–water partition coefficient (Wildman–Crippen LogP) is 3.90. The summed E-state index contributed by atoms with van der Waals surface area (Å²) in [6, 6.07) is 1.74. The van der Waals surface area contributed by atoms with Crippen molar-refractivity contribution in [2.75, 3.05) is 13.2 Å². The Morgan fingerprint density at radius 1 is 1.46 bits per heavy atom. The Hall–Kier alpha value is -1.90. The Balaban J connectivity index is 2.85. The molecule has 0 saturated heterocycles. The summed E-state index contributed by atoms with van der Waals surface area (Å²) < 4.78 is 10.7. The van der Waals surface area contributed by atoms with E-state index in [0.717, 1.165) is 4.88 Å². The number of allylic oxidation sites excluding steroid dienone is 1. The fourth-order valence-electron chi connectivity index (χ4n) is 2.21. The summed E-state index contributed by atoms with van der Waals surface area (Å²) in [7, 11) is 0. The Morgan fingerprint density at radius 2 is 2.14 bits per heavy atom. The largest absolute Gasteiger partial charge is 0.466 e. The van der Waals surface area contributed by atoms with Gasteiger partial charge in [-0.05, 0) is 40.2 Å². The summed E-state index contributed by atoms with van der Waals surface area (Å²) in [6.45, 7) is 10.5. The van der Waals surface area contributed by atoms with Crippen LogP contribution >= 0.6 is 22.9 Å². The Kier molecular flexibility index (Phi) is 9.64. The molecule has 0 bridgehead atoms. The number of hydrogen-bond acceptors (Lipinski definition) is 7. The molecule has 28 heavy (non-hydrogen) atoms. The highest BCUT2D eigenvalue weighted by molar-refractivity contribution is 7.16. The van der Waals surface area contributed by atoms with E-state index < -0.39 is 29.7 Å². The van der Waals surface area contributed by atoms with Gasteiger partial charge < -0.3 is 19.9 Å². The molecule has 0 aliphatic carbocycles. The number of carbonyl (C=O) groups is 2. The lowest BCUT2D eigenvalue weighted by Gasteiger charge is -2.23. The van der Waals surface area contributed by atoms with E-state index in [1.165, 1.54) is 23.6 Å². The van der Waals surface area contributed by atoms with Crippen LogP contribution in [0.5, 0.6) is 0 Å². The molecule has 9 heteroatoms. The molecule has 0 aromatic carbocycles. The second-order valence-corrected chi connectivity index (χ2v) is 8.64. The summed E-state index contributed by atoms with van der Waals surface area (Å²) in [6.07, 6.45) is 1.41. The smallest absolute Gasteiger partial charge is 0.407 e. The normalized spacial score (nSPS) is 13.8. The van der Waals surface area contributed by atoms with Crippen LogP contribution < -0.4 is 5.32 Å². The van der Waals surface area contributed by atoms with Gasteiger partial charge in [-0.3, -0.25) is 9.79 Å². The monoisotopic (exact) mass is 430 g/mol. The van der Waals surface area contributed by atoms with Gasteiger partial charge in [0.05, 0.1) is 24.3 Å². The number of alkyl carbamates (subject to hydrolysis) is 1. The van der Waals surface area contributed by atoms with Gasteiger partial charge in [-0.15, -0.1) is 11.3 Å². The quantitative estimate of drug-likeness (QED) is 0.457. The molecule has 2 atom stereocenters. The SMILES string of the molecule is C=CC=Nc1cc(CC(C(=O)OCC)C(O)CNC(=O)OC(C)(C)C)sc1Cl. The highest BCUT2D eigenvalue weighted by Gasteiger charge is 2.30. The minimum atomic E-state index is -1.16. The molecule has 1 aromatic heterocycles. The van der Waals surface area contributed by atoms with Gasteiger partial charge in [0.25, 0.3) is 0 Å². The number of thiophene rings is 1. The maximum atomic E-state index is 12.3. The van der Waals surface area contributed by atoms with Crippen molar-refractivity contribution in [2.24, 2.45) is 10.9 Å². The Bertz CT molecular complexity index is 712. The van der Waals surface area contributed by atoms with Crippen LogP contribution in [0.25, 0.3) is 0 Å². The number of hydrogen-bond donors (Lipinski definition) is 2. The third kappa shape index (κ3) is 8.41. The van der Waals surface area contributed by atoms with Crippen molar-refractivity contribution in [3.63, 3.8) is 0 Å². The van der Waals surface area contributed by atoms with Crippen molar-refractivity contribution in [3.8, 4) is 0 Å². The second kappa shape index (κ2) is 11.2. The molecule has 7 nitrogen and oxygen atoms in total. The summed E-state index contributed by atoms with van der Waals surface area (Å²) >= 11 is 7.43. The maximum Gasteiger partial charge on any atom is 0.407 e. The maximum absolute atomic E-state index is 12.3. The molecule has 2 N–H and O–H groups in total. The van der Waals surface area contributed by atoms with E-state index in [4.69, 9.17) is 21.1 Å². The number of halogens is 1. The number of amides is 1. The van der Waals surface area contributed by atoms with Crippen molar-refractivity contribution in [1.29, 1.82) is 0 Å². The number of esters is 1. The van der Waals surface area contributed by atoms with Gasteiger partial charge in [-0.25, -0.2) is 4.79 Å². The van der Waals surface area contributed by atoms with Crippen molar-refractivity contribution < 1.29 is 24.2 Å². The number of aliphatic hydroxyl groups is 1. The molecule has 2 unspecified atom stereocenters. The fraction of sp³-hybridized carbons (Fsp3) is 0.526. The summed E-state index contributed by atoms with van der Waals surface area (Å²) in [5.74, 6) is -1.43. The number of aliphatic hydroxyl groups excluding tert-OH is 1. The van der Waals surface area contributed by atoms with Gasteiger partial charge in [-0.1, -0.05) is 24.3 Å². The van der Waals surface area contributed by atoms with Gasteiger partial charge in [0.2, 0.25) is 0 Å². The average molecular weight is 431 g/mol. The zero-order chi connectivity index (χ0) is 21.3. The lowest BCUT2D eigenvalue weighted by Crippen LogP contribution is -2.42. The van der Waals surface area contributed by atoms with Crippen molar-refractivity contribution in [1.82, 2.24) is 5.32 Å². The molecule has 1 aromatic rings. The lowest BCUT2D eigenvalue weighted by atomic mass is 9.97. The summed E-state index contributed by atoms with van der Waals surface area (Å²) in [5.41, 5.74) is -0.100. The van der Waals surface area contributed by atoms with Crippen LogP contribution in [0.4, 0.5) is 10.5 Å². The molecular formula is C19H27ClN2O5S. The molecular weight excluding hydrogens is 404 g/mol. The topological polar surface area (TPSA) is 97.2 Å². The third-order valence-corrected chi connectivity index (χ3v) is 4.73. The Labute approximate surface area is 174 Å². The first kappa shape index (κ1) is 24.1. The van der Waals surface area contributed by atoms with Crippen LogP contribution in [0, 0.1) is 5.92 Å². The summed E-state index contributed by atoms with van der Waals surface area (Å²) in [4.78, 5) is 29.0. The van der Waals surface area contributed by atoms with Crippen LogP contribution in [0.1, 0.15) is 32.6 Å². The van der Waals surface area contributed by atoms with Gasteiger partial charge in [0.1, 0.15) is 9.94 Å². The van der Waals surface area contributed by atoms with Crippen molar-refractivity contribution in [2.45, 2.75) is 45.8 Å².